The van der Waals surface area contributed by atoms with E-state index in [0.29, 0.717) is 12.0 Å². The largest absolute Gasteiger partial charge is 0.356 e. The molecule has 1 aromatic heterocycles. The van der Waals surface area contributed by atoms with Crippen LogP contribution in [0.1, 0.15) is 43.0 Å². The Kier molecular flexibility index (Phi) is 2.43. The Morgan fingerprint density at radius 2 is 1.94 bits per heavy atom. The van der Waals surface area contributed by atoms with Crippen LogP contribution in [0.15, 0.2) is 0 Å². The van der Waals surface area contributed by atoms with Crippen molar-refractivity contribution in [1.29, 1.82) is 0 Å². The summed E-state index contributed by atoms with van der Waals surface area (Å²) in [5.74, 6) is 8.85. The van der Waals surface area contributed by atoms with Crippen LogP contribution in [0.25, 0.3) is 0 Å². The molecule has 92 valence electrons. The van der Waals surface area contributed by atoms with E-state index in [1.807, 2.05) is 6.92 Å². The molecule has 0 amide bonds. The van der Waals surface area contributed by atoms with Gasteiger partial charge in [-0.3, -0.25) is 0 Å². The van der Waals surface area contributed by atoms with Gasteiger partial charge in [0.2, 0.25) is 0 Å². The van der Waals surface area contributed by atoms with E-state index in [1.54, 1.807) is 0 Å². The maximum absolute atomic E-state index is 5.54. The summed E-state index contributed by atoms with van der Waals surface area (Å²) in [4.78, 5) is 11.5. The number of hydrogen-bond donors (Lipinski definition) is 2. The third-order valence-electron chi connectivity index (χ3n) is 3.65. The number of nitrogens with one attached hydrogen (secondary N) is 1. The van der Waals surface area contributed by atoms with Gasteiger partial charge in [-0.15, -0.1) is 0 Å². The van der Waals surface area contributed by atoms with E-state index >= 15 is 0 Å². The Balaban J connectivity index is 2.01. The molecule has 2 fully saturated rings. The lowest BCUT2D eigenvalue weighted by molar-refractivity contribution is 0.841. The summed E-state index contributed by atoms with van der Waals surface area (Å²) < 4.78 is 0. The zero-order valence-electron chi connectivity index (χ0n) is 10.4. The van der Waals surface area contributed by atoms with Crippen LogP contribution in [0.3, 0.4) is 0 Å². The fourth-order valence-electron chi connectivity index (χ4n) is 2.16. The summed E-state index contributed by atoms with van der Waals surface area (Å²) in [6.45, 7) is 2.03. The van der Waals surface area contributed by atoms with Gasteiger partial charge in [-0.2, -0.15) is 0 Å². The Hall–Kier alpha value is -1.36. The zero-order valence-corrected chi connectivity index (χ0v) is 10.4. The fraction of sp³-hybridized carbons (Fsp3) is 0.667. The first-order valence-electron chi connectivity index (χ1n) is 6.28. The molecule has 1 aromatic rings. The van der Waals surface area contributed by atoms with Crippen LogP contribution in [0.4, 0.5) is 11.6 Å². The second-order valence-electron chi connectivity index (χ2n) is 5.14. The second kappa shape index (κ2) is 3.84. The first-order valence-corrected chi connectivity index (χ1v) is 6.28. The summed E-state index contributed by atoms with van der Waals surface area (Å²) in [5, 5.41) is 0. The summed E-state index contributed by atoms with van der Waals surface area (Å²) in [6, 6.07) is 0.654. The summed E-state index contributed by atoms with van der Waals surface area (Å²) >= 11 is 0. The molecule has 0 aromatic carbocycles. The molecule has 5 nitrogen and oxygen atoms in total. The molecule has 0 radical (unpaired) electrons. The summed E-state index contributed by atoms with van der Waals surface area (Å²) in [7, 11) is 2.12. The van der Waals surface area contributed by atoms with Gasteiger partial charge in [-0.25, -0.2) is 15.8 Å². The van der Waals surface area contributed by atoms with E-state index < -0.39 is 0 Å². The van der Waals surface area contributed by atoms with Crippen molar-refractivity contribution in [2.75, 3.05) is 17.4 Å². The summed E-state index contributed by atoms with van der Waals surface area (Å²) in [6.07, 6.45) is 4.95. The molecule has 0 spiro atoms. The van der Waals surface area contributed by atoms with Crippen LogP contribution in [0, 0.1) is 6.92 Å². The Morgan fingerprint density at radius 3 is 2.47 bits per heavy atom. The number of hydrogen-bond acceptors (Lipinski definition) is 5. The monoisotopic (exact) mass is 233 g/mol. The fourth-order valence-corrected chi connectivity index (χ4v) is 2.16. The highest BCUT2D eigenvalue weighted by atomic mass is 15.3. The van der Waals surface area contributed by atoms with Gasteiger partial charge in [0.25, 0.3) is 0 Å². The number of nitrogens with two attached hydrogens (primary N) is 1. The standard InChI is InChI=1S/C12H19N5/c1-7-10(16-13)14-11(8-3-4-8)15-12(7)17(2)9-5-6-9/h8-9H,3-6,13H2,1-2H3,(H,14,15,16). The number of anilines is 2. The van der Waals surface area contributed by atoms with Crippen LogP contribution >= 0.6 is 0 Å². The van der Waals surface area contributed by atoms with Gasteiger partial charge in [0.05, 0.1) is 0 Å². The van der Waals surface area contributed by atoms with Crippen molar-refractivity contribution in [3.05, 3.63) is 11.4 Å². The number of aromatic nitrogens is 2. The van der Waals surface area contributed by atoms with Crippen molar-refractivity contribution in [3.8, 4) is 0 Å². The lowest BCUT2D eigenvalue weighted by Crippen LogP contribution is -2.24. The maximum atomic E-state index is 5.54. The molecule has 3 rings (SSSR count). The van der Waals surface area contributed by atoms with Gasteiger partial charge in [-0.1, -0.05) is 0 Å². The van der Waals surface area contributed by atoms with Crippen LogP contribution < -0.4 is 16.2 Å². The minimum atomic E-state index is 0.550. The predicted molar refractivity (Wildman–Crippen MR) is 68.0 cm³/mol. The third-order valence-corrected chi connectivity index (χ3v) is 3.65. The van der Waals surface area contributed by atoms with Crippen LogP contribution in [-0.2, 0) is 0 Å². The lowest BCUT2D eigenvalue weighted by atomic mass is 10.2. The van der Waals surface area contributed by atoms with E-state index in [2.05, 4.69) is 22.4 Å². The molecular weight excluding hydrogens is 214 g/mol. The Labute approximate surface area is 101 Å². The number of rotatable bonds is 4. The highest BCUT2D eigenvalue weighted by Gasteiger charge is 2.32. The number of nitrogen functional groups attached to an aromatic ring is 1. The van der Waals surface area contributed by atoms with Gasteiger partial charge in [-0.05, 0) is 32.6 Å². The average molecular weight is 233 g/mol. The van der Waals surface area contributed by atoms with E-state index in [9.17, 15) is 0 Å². The van der Waals surface area contributed by atoms with Crippen molar-refractivity contribution in [2.45, 2.75) is 44.6 Å². The number of nitrogens with zero attached hydrogens (tertiary/aromatic N) is 3. The van der Waals surface area contributed by atoms with Crippen molar-refractivity contribution in [1.82, 2.24) is 9.97 Å². The molecule has 0 unspecified atom stereocenters. The first-order chi connectivity index (χ1) is 8.20. The zero-order chi connectivity index (χ0) is 12.0. The van der Waals surface area contributed by atoms with E-state index in [1.165, 1.54) is 25.7 Å². The van der Waals surface area contributed by atoms with Crippen LogP contribution in [0.5, 0.6) is 0 Å². The molecule has 17 heavy (non-hydrogen) atoms. The average Bonchev–Trinajstić information content (AvgIpc) is 3.19. The van der Waals surface area contributed by atoms with Crippen molar-refractivity contribution in [3.63, 3.8) is 0 Å². The first kappa shape index (κ1) is 10.8. The summed E-state index contributed by atoms with van der Waals surface area (Å²) in [5.41, 5.74) is 3.74. The molecule has 3 N–H and O–H groups in total. The van der Waals surface area contributed by atoms with E-state index in [4.69, 9.17) is 10.8 Å². The molecule has 2 saturated carbocycles. The predicted octanol–water partition coefficient (Wildman–Crippen LogP) is 1.55. The van der Waals surface area contributed by atoms with Crippen LogP contribution in [0.2, 0.25) is 0 Å². The highest BCUT2D eigenvalue weighted by Crippen LogP contribution is 2.40. The lowest BCUT2D eigenvalue weighted by Gasteiger charge is -2.21. The Bertz CT molecular complexity index is 437. The van der Waals surface area contributed by atoms with Crippen molar-refractivity contribution >= 4 is 11.6 Å². The normalized spacial score (nSPS) is 19.2. The van der Waals surface area contributed by atoms with Gasteiger partial charge in [0.15, 0.2) is 0 Å². The van der Waals surface area contributed by atoms with Gasteiger partial charge in [0.1, 0.15) is 17.5 Å². The van der Waals surface area contributed by atoms with Gasteiger partial charge >= 0.3 is 0 Å². The van der Waals surface area contributed by atoms with E-state index in [0.717, 1.165) is 23.0 Å². The van der Waals surface area contributed by atoms with Crippen LogP contribution in [-0.4, -0.2) is 23.1 Å². The number of hydrazine groups is 1. The molecule has 0 saturated heterocycles. The molecule has 0 bridgehead atoms. The quantitative estimate of drug-likeness (QED) is 0.610. The third kappa shape index (κ3) is 1.95. The second-order valence-corrected chi connectivity index (χ2v) is 5.14. The minimum absolute atomic E-state index is 0.550. The van der Waals surface area contributed by atoms with Crippen molar-refractivity contribution < 1.29 is 0 Å². The van der Waals surface area contributed by atoms with Gasteiger partial charge < -0.3 is 10.3 Å². The Morgan fingerprint density at radius 1 is 1.24 bits per heavy atom. The molecule has 2 aliphatic rings. The minimum Gasteiger partial charge on any atom is -0.356 e. The maximum Gasteiger partial charge on any atom is 0.148 e. The van der Waals surface area contributed by atoms with Crippen molar-refractivity contribution in [2.24, 2.45) is 5.84 Å². The molecule has 2 aliphatic carbocycles. The SMILES string of the molecule is Cc1c(NN)nc(C2CC2)nc1N(C)C1CC1. The van der Waals surface area contributed by atoms with Gasteiger partial charge in [0, 0.05) is 24.6 Å². The highest BCUT2D eigenvalue weighted by molar-refractivity contribution is 5.59. The molecule has 1 heterocycles. The molecule has 0 aliphatic heterocycles. The smallest absolute Gasteiger partial charge is 0.148 e. The molecular formula is C12H19N5. The molecule has 0 atom stereocenters. The van der Waals surface area contributed by atoms with E-state index in [-0.39, 0.29) is 0 Å². The topological polar surface area (TPSA) is 67.1 Å². The molecule has 5 heteroatoms.